The van der Waals surface area contributed by atoms with Crippen LogP contribution >= 0.6 is 11.3 Å². The van der Waals surface area contributed by atoms with Crippen molar-refractivity contribution in [2.75, 3.05) is 25.2 Å². The van der Waals surface area contributed by atoms with Gasteiger partial charge in [0, 0.05) is 11.6 Å². The van der Waals surface area contributed by atoms with Gasteiger partial charge < -0.3 is 14.8 Å². The molecule has 0 unspecified atom stereocenters. The Morgan fingerprint density at radius 1 is 1.19 bits per heavy atom. The lowest BCUT2D eigenvalue weighted by Gasteiger charge is -2.33. The molecule has 3 aromatic rings. The maximum absolute atomic E-state index is 13.0. The third-order valence-corrected chi connectivity index (χ3v) is 6.86. The number of anilines is 1. The minimum atomic E-state index is -0.158. The summed E-state index contributed by atoms with van der Waals surface area (Å²) >= 11 is 1.70. The number of fused-ring (bicyclic) bond motifs is 2. The Morgan fingerprint density at radius 3 is 2.81 bits per heavy atom. The maximum atomic E-state index is 13.0. The minimum Gasteiger partial charge on any atom is -0.454 e. The lowest BCUT2D eigenvalue weighted by molar-refractivity contribution is -0.118. The highest BCUT2D eigenvalue weighted by atomic mass is 32.1. The molecule has 8 heteroatoms. The van der Waals surface area contributed by atoms with Crippen molar-refractivity contribution in [1.82, 2.24) is 9.88 Å². The average molecular weight is 438 g/mol. The molecule has 3 heterocycles. The number of piperidine rings is 1. The zero-order valence-corrected chi connectivity index (χ0v) is 18.0. The quantitative estimate of drug-likeness (QED) is 0.596. The smallest absolute Gasteiger partial charge is 0.238 e. The van der Waals surface area contributed by atoms with Crippen molar-refractivity contribution >= 4 is 38.9 Å². The number of hydrogen-bond donors (Lipinski definition) is 1. The standard InChI is InChI=1S/C23H23N3O4S/c1-14(27)15-10-19-20(30-13-29-19)11-17(15)24-22(28)12-26-9-5-4-7-18(26)23-25-16-6-2-3-8-21(16)31-23/h2-3,6,8,10-11,18H,4-5,7,9,12-13H2,1H3,(H,24,28)/t18-/m1/s1. The van der Waals surface area contributed by atoms with Crippen molar-refractivity contribution in [2.24, 2.45) is 0 Å². The Labute approximate surface area is 184 Å². The Bertz CT molecular complexity index is 1130. The van der Waals surface area contributed by atoms with Gasteiger partial charge in [0.05, 0.1) is 28.5 Å². The number of para-hydroxylation sites is 1. The highest BCUT2D eigenvalue weighted by Crippen LogP contribution is 2.38. The Morgan fingerprint density at radius 2 is 2.00 bits per heavy atom. The molecule has 1 fully saturated rings. The summed E-state index contributed by atoms with van der Waals surface area (Å²) in [5.74, 6) is 0.758. The molecule has 2 aliphatic rings. The summed E-state index contributed by atoms with van der Waals surface area (Å²) in [6.07, 6.45) is 3.16. The molecule has 2 aliphatic heterocycles. The van der Waals surface area contributed by atoms with E-state index in [4.69, 9.17) is 14.5 Å². The van der Waals surface area contributed by atoms with Crippen LogP contribution in [0.25, 0.3) is 10.2 Å². The van der Waals surface area contributed by atoms with Crippen molar-refractivity contribution in [3.8, 4) is 11.5 Å². The number of benzene rings is 2. The summed E-state index contributed by atoms with van der Waals surface area (Å²) in [4.78, 5) is 32.1. The summed E-state index contributed by atoms with van der Waals surface area (Å²) < 4.78 is 11.9. The number of hydrogen-bond acceptors (Lipinski definition) is 7. The number of Topliss-reactive ketones (excluding diaryl/α,β-unsaturated/α-hetero) is 1. The van der Waals surface area contributed by atoms with Crippen molar-refractivity contribution in [3.05, 3.63) is 47.0 Å². The van der Waals surface area contributed by atoms with Crippen molar-refractivity contribution < 1.29 is 19.1 Å². The fourth-order valence-electron chi connectivity index (χ4n) is 4.20. The number of thiazole rings is 1. The third-order valence-electron chi connectivity index (χ3n) is 5.72. The first-order valence-corrected chi connectivity index (χ1v) is 11.2. The zero-order valence-electron chi connectivity index (χ0n) is 17.2. The number of amides is 1. The van der Waals surface area contributed by atoms with Crippen LogP contribution < -0.4 is 14.8 Å². The van der Waals surface area contributed by atoms with Crippen LogP contribution in [0, 0.1) is 0 Å². The normalized spacial score (nSPS) is 18.3. The summed E-state index contributed by atoms with van der Waals surface area (Å²) in [6, 6.07) is 11.5. The molecule has 7 nitrogen and oxygen atoms in total. The lowest BCUT2D eigenvalue weighted by atomic mass is 10.0. The van der Waals surface area contributed by atoms with Crippen LogP contribution in [0.1, 0.15) is 47.6 Å². The molecule has 0 saturated carbocycles. The molecule has 1 saturated heterocycles. The average Bonchev–Trinajstić information content (AvgIpc) is 3.39. The topological polar surface area (TPSA) is 80.8 Å². The fourth-order valence-corrected chi connectivity index (χ4v) is 5.34. The predicted octanol–water partition coefficient (Wildman–Crippen LogP) is 4.39. The van der Waals surface area contributed by atoms with Crippen LogP contribution in [0.2, 0.25) is 0 Å². The van der Waals surface area contributed by atoms with E-state index in [0.717, 1.165) is 36.3 Å². The van der Waals surface area contributed by atoms with Gasteiger partial charge in [-0.05, 0) is 44.5 Å². The molecule has 0 spiro atoms. The second-order valence-corrected chi connectivity index (χ2v) is 8.92. The number of rotatable bonds is 5. The minimum absolute atomic E-state index is 0.113. The number of aromatic nitrogens is 1. The van der Waals surface area contributed by atoms with Gasteiger partial charge in [-0.2, -0.15) is 0 Å². The second kappa shape index (κ2) is 8.28. The van der Waals surface area contributed by atoms with Gasteiger partial charge in [-0.25, -0.2) is 4.98 Å². The summed E-state index contributed by atoms with van der Waals surface area (Å²) in [7, 11) is 0. The molecule has 1 aromatic heterocycles. The van der Waals surface area contributed by atoms with Crippen LogP contribution in [-0.4, -0.2) is 41.5 Å². The summed E-state index contributed by atoms with van der Waals surface area (Å²) in [6.45, 7) is 2.67. The van der Waals surface area contributed by atoms with Crippen LogP contribution in [-0.2, 0) is 4.79 Å². The van der Waals surface area contributed by atoms with Gasteiger partial charge in [0.15, 0.2) is 17.3 Å². The van der Waals surface area contributed by atoms with E-state index in [0.29, 0.717) is 22.7 Å². The van der Waals surface area contributed by atoms with Gasteiger partial charge >= 0.3 is 0 Å². The molecular weight excluding hydrogens is 414 g/mol. The highest BCUT2D eigenvalue weighted by molar-refractivity contribution is 7.18. The first-order valence-electron chi connectivity index (χ1n) is 10.4. The zero-order chi connectivity index (χ0) is 21.4. The fraction of sp³-hybridized carbons (Fsp3) is 0.348. The predicted molar refractivity (Wildman–Crippen MR) is 119 cm³/mol. The van der Waals surface area contributed by atoms with E-state index < -0.39 is 0 Å². The van der Waals surface area contributed by atoms with Gasteiger partial charge in [0.1, 0.15) is 5.01 Å². The third kappa shape index (κ3) is 4.00. The SMILES string of the molecule is CC(=O)c1cc2c(cc1NC(=O)CN1CCCC[C@@H]1c1nc3ccccc3s1)OCO2. The van der Waals surface area contributed by atoms with Crippen LogP contribution in [0.5, 0.6) is 11.5 Å². The lowest BCUT2D eigenvalue weighted by Crippen LogP contribution is -2.39. The number of ketones is 1. The molecule has 1 atom stereocenters. The summed E-state index contributed by atoms with van der Waals surface area (Å²) in [5.41, 5.74) is 1.87. The number of carbonyl (C=O) groups excluding carboxylic acids is 2. The molecule has 1 amide bonds. The number of likely N-dealkylation sites (tertiary alicyclic amines) is 1. The molecule has 31 heavy (non-hydrogen) atoms. The van der Waals surface area contributed by atoms with E-state index in [1.807, 2.05) is 18.2 Å². The Balaban J connectivity index is 1.35. The Hall–Kier alpha value is -2.97. The number of carbonyl (C=O) groups is 2. The van der Waals surface area contributed by atoms with E-state index in [1.54, 1.807) is 23.5 Å². The molecule has 1 N–H and O–H groups in total. The molecule has 160 valence electrons. The number of ether oxygens (including phenoxy) is 2. The molecule has 5 rings (SSSR count). The van der Waals surface area contributed by atoms with Crippen molar-refractivity contribution in [1.29, 1.82) is 0 Å². The van der Waals surface area contributed by atoms with Gasteiger partial charge in [0.2, 0.25) is 12.7 Å². The van der Waals surface area contributed by atoms with E-state index in [1.165, 1.54) is 11.6 Å². The first-order chi connectivity index (χ1) is 15.1. The number of nitrogens with one attached hydrogen (secondary N) is 1. The molecule has 0 aliphatic carbocycles. The largest absolute Gasteiger partial charge is 0.454 e. The highest BCUT2D eigenvalue weighted by Gasteiger charge is 2.29. The van der Waals surface area contributed by atoms with Crippen LogP contribution in [0.3, 0.4) is 0 Å². The van der Waals surface area contributed by atoms with E-state index in [2.05, 4.69) is 16.3 Å². The second-order valence-electron chi connectivity index (χ2n) is 7.86. The van der Waals surface area contributed by atoms with Crippen LogP contribution in [0.4, 0.5) is 5.69 Å². The molecular formula is C23H23N3O4S. The summed E-state index contributed by atoms with van der Waals surface area (Å²) in [5, 5.41) is 3.97. The Kier molecular flexibility index (Phi) is 5.33. The molecule has 2 aromatic carbocycles. The van der Waals surface area contributed by atoms with Crippen molar-refractivity contribution in [3.63, 3.8) is 0 Å². The molecule has 0 radical (unpaired) electrons. The van der Waals surface area contributed by atoms with Gasteiger partial charge in [0.25, 0.3) is 0 Å². The monoisotopic (exact) mass is 437 g/mol. The van der Waals surface area contributed by atoms with Gasteiger partial charge in [-0.15, -0.1) is 11.3 Å². The van der Waals surface area contributed by atoms with E-state index in [9.17, 15) is 9.59 Å². The van der Waals surface area contributed by atoms with Gasteiger partial charge in [-0.3, -0.25) is 14.5 Å². The van der Waals surface area contributed by atoms with Gasteiger partial charge in [-0.1, -0.05) is 18.6 Å². The van der Waals surface area contributed by atoms with E-state index in [-0.39, 0.29) is 31.1 Å². The van der Waals surface area contributed by atoms with E-state index >= 15 is 0 Å². The molecule has 0 bridgehead atoms. The maximum Gasteiger partial charge on any atom is 0.238 e. The first kappa shape index (κ1) is 20.0. The van der Waals surface area contributed by atoms with Crippen molar-refractivity contribution in [2.45, 2.75) is 32.2 Å². The number of nitrogens with zero attached hydrogens (tertiary/aromatic N) is 2. The van der Waals surface area contributed by atoms with Crippen LogP contribution in [0.15, 0.2) is 36.4 Å².